The minimum atomic E-state index is -0.463. The normalized spacial score (nSPS) is 11.6. The number of carbonyl (C=O) groups excluding carboxylic acids is 1. The number of carbonyl (C=O) groups is 1. The molecule has 0 aliphatic heterocycles. The summed E-state index contributed by atoms with van der Waals surface area (Å²) in [5, 5.41) is 14.1. The van der Waals surface area contributed by atoms with Crippen molar-refractivity contribution in [2.24, 2.45) is 0 Å². The van der Waals surface area contributed by atoms with Crippen molar-refractivity contribution in [2.45, 2.75) is 32.4 Å². The molecule has 0 aliphatic carbocycles. The van der Waals surface area contributed by atoms with Crippen LogP contribution in [0.25, 0.3) is 10.9 Å². The van der Waals surface area contributed by atoms with Gasteiger partial charge in [0.1, 0.15) is 11.5 Å². The summed E-state index contributed by atoms with van der Waals surface area (Å²) >= 11 is 0. The zero-order chi connectivity index (χ0) is 25.5. The number of aromatic nitrogens is 1. The molecule has 0 aliphatic rings. The van der Waals surface area contributed by atoms with Crippen LogP contribution in [0.15, 0.2) is 72.9 Å². The van der Waals surface area contributed by atoms with Gasteiger partial charge in [-0.25, -0.2) is 0 Å². The molecular weight excluding hydrogens is 452 g/mol. The molecule has 184 valence electrons. The van der Waals surface area contributed by atoms with Crippen molar-refractivity contribution in [1.82, 2.24) is 10.3 Å². The lowest BCUT2D eigenvalue weighted by Gasteiger charge is -2.19. The average molecular weight is 483 g/mol. The number of aliphatic hydroxyl groups is 1. The summed E-state index contributed by atoms with van der Waals surface area (Å²) in [7, 11) is 1.61. The molecule has 1 heterocycles. The van der Waals surface area contributed by atoms with Crippen LogP contribution in [0.5, 0.6) is 11.5 Å². The summed E-state index contributed by atoms with van der Waals surface area (Å²) in [6, 6.07) is 20.3. The van der Waals surface area contributed by atoms with Gasteiger partial charge in [-0.1, -0.05) is 36.1 Å². The number of aromatic amines is 1. The van der Waals surface area contributed by atoms with Gasteiger partial charge >= 0.3 is 0 Å². The monoisotopic (exact) mass is 482 g/mol. The van der Waals surface area contributed by atoms with Gasteiger partial charge in [0, 0.05) is 28.2 Å². The second kappa shape index (κ2) is 11.5. The molecule has 4 aromatic rings. The Hall–Kier alpha value is -4.21. The standard InChI is InChI=1S/C30H30N2O4/c1-20(2)36-29-14-13-22(12-11-21-7-6-8-25(15-21)35-3)16-27(29)30(34)32-24(19-33)17-23-18-31-28-10-5-4-9-26(23)28/h4-10,13-16,18,20,24,31,33H,17,19H2,1-3H3,(H,32,34)/t24-/m1/s1. The maximum Gasteiger partial charge on any atom is 0.255 e. The Labute approximate surface area is 211 Å². The van der Waals surface area contributed by atoms with Crippen molar-refractivity contribution in [3.63, 3.8) is 0 Å². The zero-order valence-electron chi connectivity index (χ0n) is 20.7. The quantitative estimate of drug-likeness (QED) is 0.318. The summed E-state index contributed by atoms with van der Waals surface area (Å²) in [4.78, 5) is 16.6. The van der Waals surface area contributed by atoms with Gasteiger partial charge in [0.2, 0.25) is 0 Å². The number of hydrogen-bond donors (Lipinski definition) is 3. The summed E-state index contributed by atoms with van der Waals surface area (Å²) < 4.78 is 11.2. The molecule has 0 fully saturated rings. The number of hydrogen-bond acceptors (Lipinski definition) is 4. The van der Waals surface area contributed by atoms with Crippen molar-refractivity contribution in [1.29, 1.82) is 0 Å². The zero-order valence-corrected chi connectivity index (χ0v) is 20.7. The predicted octanol–water partition coefficient (Wildman–Crippen LogP) is 4.70. The third kappa shape index (κ3) is 6.07. The molecule has 6 heteroatoms. The van der Waals surface area contributed by atoms with Crippen LogP contribution in [0, 0.1) is 11.8 Å². The van der Waals surface area contributed by atoms with Gasteiger partial charge in [0.25, 0.3) is 5.91 Å². The van der Waals surface area contributed by atoms with Gasteiger partial charge in [-0.2, -0.15) is 0 Å². The molecule has 36 heavy (non-hydrogen) atoms. The highest BCUT2D eigenvalue weighted by Gasteiger charge is 2.19. The van der Waals surface area contributed by atoms with Crippen molar-refractivity contribution in [3.8, 4) is 23.3 Å². The van der Waals surface area contributed by atoms with Crippen LogP contribution in [0.2, 0.25) is 0 Å². The molecule has 3 N–H and O–H groups in total. The number of fused-ring (bicyclic) bond motifs is 1. The minimum absolute atomic E-state index is 0.106. The molecule has 0 bridgehead atoms. The molecule has 0 radical (unpaired) electrons. The van der Waals surface area contributed by atoms with E-state index in [4.69, 9.17) is 9.47 Å². The van der Waals surface area contributed by atoms with Gasteiger partial charge in [0.15, 0.2) is 0 Å². The fourth-order valence-electron chi connectivity index (χ4n) is 3.98. The number of H-pyrrole nitrogens is 1. The molecule has 0 spiro atoms. The van der Waals surface area contributed by atoms with E-state index in [1.54, 1.807) is 19.2 Å². The van der Waals surface area contributed by atoms with Crippen molar-refractivity contribution >= 4 is 16.8 Å². The maximum absolute atomic E-state index is 13.3. The van der Waals surface area contributed by atoms with Gasteiger partial charge in [-0.3, -0.25) is 4.79 Å². The Morgan fingerprint density at radius 2 is 1.81 bits per heavy atom. The minimum Gasteiger partial charge on any atom is -0.497 e. The number of benzene rings is 3. The molecule has 6 nitrogen and oxygen atoms in total. The van der Waals surface area contributed by atoms with Crippen LogP contribution in [0.1, 0.15) is 40.9 Å². The smallest absolute Gasteiger partial charge is 0.255 e. The van der Waals surface area contributed by atoms with E-state index in [1.807, 2.05) is 74.6 Å². The van der Waals surface area contributed by atoms with E-state index in [-0.39, 0.29) is 18.6 Å². The first-order valence-electron chi connectivity index (χ1n) is 11.9. The Bertz CT molecular complexity index is 1410. The molecule has 0 saturated heterocycles. The summed E-state index contributed by atoms with van der Waals surface area (Å²) in [6.07, 6.45) is 2.30. The Morgan fingerprint density at radius 3 is 2.56 bits per heavy atom. The molecular formula is C30H30N2O4. The number of ether oxygens (including phenoxy) is 2. The number of aliphatic hydroxyl groups excluding tert-OH is 1. The summed E-state index contributed by atoms with van der Waals surface area (Å²) in [5.41, 5.74) is 3.91. The molecule has 0 unspecified atom stereocenters. The maximum atomic E-state index is 13.3. The Balaban J connectivity index is 1.57. The summed E-state index contributed by atoms with van der Waals surface area (Å²) in [5.74, 6) is 7.11. The van der Waals surface area contributed by atoms with Gasteiger partial charge in [-0.15, -0.1) is 0 Å². The first kappa shape index (κ1) is 24.9. The first-order valence-corrected chi connectivity index (χ1v) is 11.9. The summed E-state index contributed by atoms with van der Waals surface area (Å²) in [6.45, 7) is 3.62. The Morgan fingerprint density at radius 1 is 1.03 bits per heavy atom. The van der Waals surface area contributed by atoms with Crippen LogP contribution < -0.4 is 14.8 Å². The van der Waals surface area contributed by atoms with E-state index in [1.165, 1.54) is 0 Å². The second-order valence-corrected chi connectivity index (χ2v) is 8.78. The van der Waals surface area contributed by atoms with Crippen LogP contribution in [0.4, 0.5) is 0 Å². The largest absolute Gasteiger partial charge is 0.497 e. The fourth-order valence-corrected chi connectivity index (χ4v) is 3.98. The third-order valence-electron chi connectivity index (χ3n) is 5.70. The van der Waals surface area contributed by atoms with E-state index in [0.717, 1.165) is 27.8 Å². The van der Waals surface area contributed by atoms with E-state index in [9.17, 15) is 9.90 Å². The van der Waals surface area contributed by atoms with Gasteiger partial charge < -0.3 is 24.9 Å². The molecule has 1 atom stereocenters. The van der Waals surface area contributed by atoms with Crippen molar-refractivity contribution < 1.29 is 19.4 Å². The van der Waals surface area contributed by atoms with Crippen LogP contribution >= 0.6 is 0 Å². The van der Waals surface area contributed by atoms with E-state index in [2.05, 4.69) is 22.1 Å². The highest BCUT2D eigenvalue weighted by atomic mass is 16.5. The van der Waals surface area contributed by atoms with Crippen molar-refractivity contribution in [3.05, 3.63) is 95.2 Å². The van der Waals surface area contributed by atoms with Crippen LogP contribution in [-0.2, 0) is 6.42 Å². The third-order valence-corrected chi connectivity index (χ3v) is 5.70. The van der Waals surface area contributed by atoms with E-state index >= 15 is 0 Å². The first-order chi connectivity index (χ1) is 17.5. The second-order valence-electron chi connectivity index (χ2n) is 8.78. The average Bonchev–Trinajstić information content (AvgIpc) is 3.30. The van der Waals surface area contributed by atoms with E-state index < -0.39 is 6.04 Å². The SMILES string of the molecule is COc1cccc(C#Cc2ccc(OC(C)C)c(C(=O)N[C@@H](CO)Cc3c[nH]c4ccccc34)c2)c1. The lowest BCUT2D eigenvalue weighted by Crippen LogP contribution is -2.39. The molecule has 0 saturated carbocycles. The molecule has 4 rings (SSSR count). The molecule has 3 aromatic carbocycles. The van der Waals surface area contributed by atoms with Crippen LogP contribution in [0.3, 0.4) is 0 Å². The number of methoxy groups -OCH3 is 1. The topological polar surface area (TPSA) is 83.6 Å². The fraction of sp³-hybridized carbons (Fsp3) is 0.233. The highest BCUT2D eigenvalue weighted by Crippen LogP contribution is 2.23. The Kier molecular flexibility index (Phi) is 7.94. The van der Waals surface area contributed by atoms with Crippen molar-refractivity contribution in [2.75, 3.05) is 13.7 Å². The van der Waals surface area contributed by atoms with Crippen LogP contribution in [-0.4, -0.2) is 41.9 Å². The van der Waals surface area contributed by atoms with E-state index in [0.29, 0.717) is 23.3 Å². The number of nitrogens with one attached hydrogen (secondary N) is 2. The lowest BCUT2D eigenvalue weighted by atomic mass is 10.0. The van der Waals surface area contributed by atoms with Gasteiger partial charge in [0.05, 0.1) is 31.4 Å². The number of rotatable bonds is 8. The molecule has 1 amide bonds. The van der Waals surface area contributed by atoms with Gasteiger partial charge in [-0.05, 0) is 68.3 Å². The number of amides is 1. The highest BCUT2D eigenvalue weighted by molar-refractivity contribution is 5.97. The predicted molar refractivity (Wildman–Crippen MR) is 142 cm³/mol. The number of para-hydroxylation sites is 1. The molecule has 1 aromatic heterocycles. The lowest BCUT2D eigenvalue weighted by molar-refractivity contribution is 0.0910.